The molecule has 2 atom stereocenters. The van der Waals surface area contributed by atoms with E-state index in [0.717, 1.165) is 60.3 Å². The number of pyridine rings is 1. The van der Waals surface area contributed by atoms with Crippen LogP contribution in [0.15, 0.2) is 67.3 Å². The Hall–Kier alpha value is -4.62. The molecule has 4 heterocycles. The van der Waals surface area contributed by atoms with Crippen molar-refractivity contribution in [1.82, 2.24) is 30.0 Å². The number of carbonyl (C=O) groups is 1. The minimum absolute atomic E-state index is 0.00630. The second-order valence-electron chi connectivity index (χ2n) is 12.1. The van der Waals surface area contributed by atoms with Gasteiger partial charge in [-0.05, 0) is 55.6 Å². The molecule has 10 nitrogen and oxygen atoms in total. The fourth-order valence-electron chi connectivity index (χ4n) is 6.56. The summed E-state index contributed by atoms with van der Waals surface area (Å²) < 4.78 is 1.77. The quantitative estimate of drug-likeness (QED) is 0.297. The highest BCUT2D eigenvalue weighted by atomic mass is 16.3. The smallest absolute Gasteiger partial charge is 0.229 e. The molecule has 0 spiro atoms. The topological polar surface area (TPSA) is 133 Å². The van der Waals surface area contributed by atoms with Gasteiger partial charge in [0.05, 0.1) is 30.1 Å². The van der Waals surface area contributed by atoms with Gasteiger partial charge < -0.3 is 15.3 Å². The van der Waals surface area contributed by atoms with E-state index in [4.69, 9.17) is 9.97 Å². The number of nitrogens with one attached hydrogen (secondary N) is 1. The van der Waals surface area contributed by atoms with Crippen LogP contribution in [0.2, 0.25) is 0 Å². The molecule has 1 saturated carbocycles. The molecular weight excluding hydrogens is 552 g/mol. The monoisotopic (exact) mass is 590 g/mol. The number of nitriles is 1. The standard InChI is InChI=1S/C34H38N8O2/c1-41-21-28(20-39-41)26-11-12-30(36-18-26)32(34(44)38-17-24-5-3-2-4-6-24)25-9-7-23(8-10-25)15-31-37-19-27(16-35)33(40-31)42-14-13-29(43)22-42/h2-6,11-12,18-21,23,25,29,32,43H,7-10,13-15,17,22H2,1H3,(H,38,44)/t23-,25-,29?,32?. The van der Waals surface area contributed by atoms with Gasteiger partial charge in [0.2, 0.25) is 5.91 Å². The summed E-state index contributed by atoms with van der Waals surface area (Å²) in [4.78, 5) is 29.8. The number of amides is 1. The van der Waals surface area contributed by atoms with Crippen LogP contribution in [0.5, 0.6) is 0 Å². The third-order valence-electron chi connectivity index (χ3n) is 8.97. The van der Waals surface area contributed by atoms with E-state index in [9.17, 15) is 15.2 Å². The Morgan fingerprint density at radius 3 is 2.52 bits per heavy atom. The number of carbonyl (C=O) groups excluding carboxylic acids is 1. The maximum Gasteiger partial charge on any atom is 0.229 e. The van der Waals surface area contributed by atoms with Crippen LogP contribution >= 0.6 is 0 Å². The van der Waals surface area contributed by atoms with Crippen LogP contribution in [0.4, 0.5) is 5.82 Å². The average molecular weight is 591 g/mol. The van der Waals surface area contributed by atoms with Crippen LogP contribution in [0.1, 0.15) is 60.7 Å². The Bertz CT molecular complexity index is 1610. The van der Waals surface area contributed by atoms with Crippen LogP contribution < -0.4 is 10.2 Å². The van der Waals surface area contributed by atoms with Gasteiger partial charge in [0.1, 0.15) is 23.3 Å². The number of anilines is 1. The molecule has 2 unspecified atom stereocenters. The molecule has 1 amide bonds. The zero-order chi connectivity index (χ0) is 30.5. The first kappa shape index (κ1) is 29.5. The maximum absolute atomic E-state index is 13.8. The molecule has 2 N–H and O–H groups in total. The minimum Gasteiger partial charge on any atom is -0.391 e. The third kappa shape index (κ3) is 6.79. The number of hydrogen-bond acceptors (Lipinski definition) is 8. The molecule has 0 radical (unpaired) electrons. The van der Waals surface area contributed by atoms with Crippen molar-refractivity contribution in [3.05, 3.63) is 89.9 Å². The number of rotatable bonds is 9. The van der Waals surface area contributed by atoms with Crippen molar-refractivity contribution in [1.29, 1.82) is 5.26 Å². The van der Waals surface area contributed by atoms with Crippen LogP contribution in [0, 0.1) is 23.2 Å². The molecule has 226 valence electrons. The van der Waals surface area contributed by atoms with E-state index < -0.39 is 6.10 Å². The first-order valence-electron chi connectivity index (χ1n) is 15.4. The van der Waals surface area contributed by atoms with Crippen molar-refractivity contribution >= 4 is 11.7 Å². The lowest BCUT2D eigenvalue weighted by Gasteiger charge is -2.33. The summed E-state index contributed by atoms with van der Waals surface area (Å²) in [5, 5.41) is 27.0. The Labute approximate surface area is 257 Å². The highest BCUT2D eigenvalue weighted by molar-refractivity contribution is 5.83. The van der Waals surface area contributed by atoms with E-state index >= 15 is 0 Å². The largest absolute Gasteiger partial charge is 0.391 e. The molecule has 1 aliphatic carbocycles. The van der Waals surface area contributed by atoms with Crippen LogP contribution in [-0.4, -0.2) is 54.9 Å². The highest BCUT2D eigenvalue weighted by Gasteiger charge is 2.35. The molecule has 4 aromatic rings. The van der Waals surface area contributed by atoms with Gasteiger partial charge in [0.15, 0.2) is 0 Å². The first-order valence-corrected chi connectivity index (χ1v) is 15.4. The lowest BCUT2D eigenvalue weighted by Crippen LogP contribution is -2.35. The van der Waals surface area contributed by atoms with E-state index in [2.05, 4.69) is 21.5 Å². The Morgan fingerprint density at radius 1 is 1.05 bits per heavy atom. The molecule has 6 rings (SSSR count). The van der Waals surface area contributed by atoms with Crippen LogP contribution in [-0.2, 0) is 24.8 Å². The van der Waals surface area contributed by atoms with Gasteiger partial charge >= 0.3 is 0 Å². The van der Waals surface area contributed by atoms with Crippen LogP contribution in [0.25, 0.3) is 11.1 Å². The Kier molecular flexibility index (Phi) is 8.94. The number of aliphatic hydroxyl groups excluding tert-OH is 1. The Balaban J connectivity index is 1.15. The molecule has 1 aromatic carbocycles. The molecule has 3 aromatic heterocycles. The van der Waals surface area contributed by atoms with Crippen molar-refractivity contribution in [3.63, 3.8) is 0 Å². The third-order valence-corrected chi connectivity index (χ3v) is 8.97. The number of aliphatic hydroxyl groups is 1. The summed E-state index contributed by atoms with van der Waals surface area (Å²) in [7, 11) is 1.89. The van der Waals surface area contributed by atoms with E-state index in [-0.39, 0.29) is 17.7 Å². The van der Waals surface area contributed by atoms with Gasteiger partial charge in [-0.25, -0.2) is 9.97 Å². The zero-order valence-corrected chi connectivity index (χ0v) is 25.0. The molecule has 0 bridgehead atoms. The van der Waals surface area contributed by atoms with Gasteiger partial charge in [0.25, 0.3) is 0 Å². The Morgan fingerprint density at radius 2 is 1.86 bits per heavy atom. The number of benzene rings is 1. The second-order valence-corrected chi connectivity index (χ2v) is 12.1. The number of hydrogen-bond donors (Lipinski definition) is 2. The second kappa shape index (κ2) is 13.3. The van der Waals surface area contributed by atoms with Gasteiger partial charge in [-0.3, -0.25) is 14.5 Å². The van der Waals surface area contributed by atoms with E-state index in [0.29, 0.717) is 43.4 Å². The normalized spacial score (nSPS) is 20.7. The van der Waals surface area contributed by atoms with Gasteiger partial charge in [-0.15, -0.1) is 0 Å². The van der Waals surface area contributed by atoms with E-state index in [1.54, 1.807) is 10.9 Å². The molecule has 1 saturated heterocycles. The van der Waals surface area contributed by atoms with Gasteiger partial charge in [0, 0.05) is 56.6 Å². The van der Waals surface area contributed by atoms with Gasteiger partial charge in [-0.1, -0.05) is 36.4 Å². The number of aromatic nitrogens is 5. The van der Waals surface area contributed by atoms with Gasteiger partial charge in [-0.2, -0.15) is 10.4 Å². The van der Waals surface area contributed by atoms with E-state index in [1.165, 1.54) is 0 Å². The summed E-state index contributed by atoms with van der Waals surface area (Å²) >= 11 is 0. The lowest BCUT2D eigenvalue weighted by atomic mass is 9.73. The van der Waals surface area contributed by atoms with E-state index in [1.807, 2.05) is 73.0 Å². The zero-order valence-electron chi connectivity index (χ0n) is 25.0. The lowest BCUT2D eigenvalue weighted by molar-refractivity contribution is -0.124. The number of nitrogens with zero attached hydrogens (tertiary/aromatic N) is 7. The predicted octanol–water partition coefficient (Wildman–Crippen LogP) is 4.16. The highest BCUT2D eigenvalue weighted by Crippen LogP contribution is 2.39. The average Bonchev–Trinajstić information content (AvgIpc) is 3.70. The molecule has 2 aliphatic rings. The number of β-amino-alcohol motifs (C(OH)–C–C–N with tert-alkyl or cyclic N) is 1. The molecule has 10 heteroatoms. The fraction of sp³-hybridized carbons (Fsp3) is 0.412. The summed E-state index contributed by atoms with van der Waals surface area (Å²) in [6.45, 7) is 1.65. The summed E-state index contributed by atoms with van der Waals surface area (Å²) in [5.41, 5.74) is 4.26. The first-order chi connectivity index (χ1) is 21.5. The molecule has 44 heavy (non-hydrogen) atoms. The maximum atomic E-state index is 13.8. The van der Waals surface area contributed by atoms with Crippen molar-refractivity contribution in [2.45, 2.75) is 57.1 Å². The minimum atomic E-state index is -0.394. The molecule has 2 fully saturated rings. The summed E-state index contributed by atoms with van der Waals surface area (Å²) in [6, 6.07) is 16.2. The molecular formula is C34H38N8O2. The SMILES string of the molecule is Cn1cc(-c2ccc(C(C(=O)NCc3ccccc3)[C@H]3CC[C@H](Cc4ncc(C#N)c(N5CCC(O)C5)n4)CC3)nc2)cn1. The van der Waals surface area contributed by atoms with Crippen molar-refractivity contribution in [2.24, 2.45) is 18.9 Å². The van der Waals surface area contributed by atoms with Crippen molar-refractivity contribution in [2.75, 3.05) is 18.0 Å². The molecule has 1 aliphatic heterocycles. The number of aryl methyl sites for hydroxylation is 1. The van der Waals surface area contributed by atoms with Crippen LogP contribution in [0.3, 0.4) is 0 Å². The van der Waals surface area contributed by atoms with Crippen molar-refractivity contribution < 1.29 is 9.90 Å². The predicted molar refractivity (Wildman–Crippen MR) is 166 cm³/mol. The summed E-state index contributed by atoms with van der Waals surface area (Å²) in [6.07, 6.45) is 12.0. The van der Waals surface area contributed by atoms with Crippen molar-refractivity contribution in [3.8, 4) is 17.2 Å². The summed E-state index contributed by atoms with van der Waals surface area (Å²) in [5.74, 6) is 1.58. The fourth-order valence-corrected chi connectivity index (χ4v) is 6.56.